The molecule has 3 heteroatoms. The van der Waals surface area contributed by atoms with E-state index in [2.05, 4.69) is 10.6 Å². The van der Waals surface area contributed by atoms with Crippen molar-refractivity contribution < 1.29 is 5.11 Å². The van der Waals surface area contributed by atoms with E-state index in [-0.39, 0.29) is 5.66 Å². The summed E-state index contributed by atoms with van der Waals surface area (Å²) in [4.78, 5) is 0. The zero-order valence-corrected chi connectivity index (χ0v) is 7.41. The predicted molar refractivity (Wildman–Crippen MR) is 50.9 cm³/mol. The van der Waals surface area contributed by atoms with E-state index in [9.17, 15) is 5.11 Å². The molecule has 2 rings (SSSR count). The fourth-order valence-corrected chi connectivity index (χ4v) is 1.51. The molecule has 0 saturated carbocycles. The molecule has 1 aromatic carbocycles. The zero-order valence-electron chi connectivity index (χ0n) is 7.41. The van der Waals surface area contributed by atoms with Gasteiger partial charge >= 0.3 is 0 Å². The lowest BCUT2D eigenvalue weighted by molar-refractivity contribution is 0.370. The van der Waals surface area contributed by atoms with E-state index in [0.29, 0.717) is 5.75 Å². The van der Waals surface area contributed by atoms with Crippen LogP contribution in [0.15, 0.2) is 36.7 Å². The fraction of sp³-hybridized carbons (Fsp3) is 0.200. The van der Waals surface area contributed by atoms with Crippen LogP contribution in [0.25, 0.3) is 0 Å². The molecule has 1 aromatic rings. The maximum Gasteiger partial charge on any atom is 0.134 e. The Kier molecular flexibility index (Phi) is 1.65. The maximum absolute atomic E-state index is 9.63. The third-order valence-corrected chi connectivity index (χ3v) is 2.27. The highest BCUT2D eigenvalue weighted by atomic mass is 16.3. The van der Waals surface area contributed by atoms with E-state index in [1.165, 1.54) is 0 Å². The lowest BCUT2D eigenvalue weighted by atomic mass is 10.0. The number of aromatic hydroxyl groups is 1. The van der Waals surface area contributed by atoms with Crippen molar-refractivity contribution >= 4 is 0 Å². The van der Waals surface area contributed by atoms with Crippen LogP contribution in [0.2, 0.25) is 0 Å². The molecule has 3 nitrogen and oxygen atoms in total. The molecule has 68 valence electrons. The van der Waals surface area contributed by atoms with Gasteiger partial charge in [0.15, 0.2) is 0 Å². The van der Waals surface area contributed by atoms with Crippen LogP contribution in [0.3, 0.4) is 0 Å². The minimum absolute atomic E-state index is 0.300. The molecule has 1 aliphatic rings. The first-order valence-corrected chi connectivity index (χ1v) is 4.21. The van der Waals surface area contributed by atoms with Crippen molar-refractivity contribution in [2.75, 3.05) is 0 Å². The van der Waals surface area contributed by atoms with Crippen molar-refractivity contribution in [3.63, 3.8) is 0 Å². The van der Waals surface area contributed by atoms with Crippen molar-refractivity contribution in [3.8, 4) is 5.75 Å². The second-order valence-corrected chi connectivity index (χ2v) is 3.26. The quantitative estimate of drug-likeness (QED) is 0.603. The molecule has 0 saturated heterocycles. The highest BCUT2D eigenvalue weighted by molar-refractivity contribution is 5.38. The summed E-state index contributed by atoms with van der Waals surface area (Å²) < 4.78 is 0. The molecule has 0 radical (unpaired) electrons. The Morgan fingerprint density at radius 1 is 1.15 bits per heavy atom. The van der Waals surface area contributed by atoms with Gasteiger partial charge in [-0.2, -0.15) is 0 Å². The van der Waals surface area contributed by atoms with Crippen molar-refractivity contribution in [2.24, 2.45) is 0 Å². The zero-order chi connectivity index (χ0) is 9.31. The lowest BCUT2D eigenvalue weighted by Gasteiger charge is -2.27. The van der Waals surface area contributed by atoms with Crippen LogP contribution >= 0.6 is 0 Å². The molecule has 1 heterocycles. The van der Waals surface area contributed by atoms with Crippen LogP contribution in [-0.2, 0) is 5.66 Å². The van der Waals surface area contributed by atoms with E-state index in [1.807, 2.05) is 37.5 Å². The summed E-state index contributed by atoms with van der Waals surface area (Å²) >= 11 is 0. The summed E-state index contributed by atoms with van der Waals surface area (Å²) in [6.07, 6.45) is 3.65. The van der Waals surface area contributed by atoms with Gasteiger partial charge in [0.05, 0.1) is 0 Å². The number of phenols is 1. The largest absolute Gasteiger partial charge is 0.508 e. The Balaban J connectivity index is 2.40. The first-order valence-electron chi connectivity index (χ1n) is 4.21. The topological polar surface area (TPSA) is 44.3 Å². The van der Waals surface area contributed by atoms with Gasteiger partial charge < -0.3 is 15.7 Å². The number of hydrogen-bond donors (Lipinski definition) is 3. The van der Waals surface area contributed by atoms with Crippen molar-refractivity contribution in [3.05, 3.63) is 42.2 Å². The van der Waals surface area contributed by atoms with Gasteiger partial charge in [0.1, 0.15) is 11.4 Å². The smallest absolute Gasteiger partial charge is 0.134 e. The summed E-state index contributed by atoms with van der Waals surface area (Å²) in [5.41, 5.74) is 0.464. The molecule has 1 aliphatic heterocycles. The van der Waals surface area contributed by atoms with Gasteiger partial charge in [-0.1, -0.05) is 18.2 Å². The number of para-hydroxylation sites is 1. The molecule has 0 bridgehead atoms. The number of hydrogen-bond acceptors (Lipinski definition) is 3. The van der Waals surface area contributed by atoms with Gasteiger partial charge in [-0.3, -0.25) is 0 Å². The van der Waals surface area contributed by atoms with Crippen molar-refractivity contribution in [1.29, 1.82) is 0 Å². The van der Waals surface area contributed by atoms with Crippen molar-refractivity contribution in [1.82, 2.24) is 10.6 Å². The highest BCUT2D eigenvalue weighted by Gasteiger charge is 2.28. The van der Waals surface area contributed by atoms with Gasteiger partial charge in [0.2, 0.25) is 0 Å². The number of rotatable bonds is 1. The number of phenolic OH excluding ortho intramolecular Hbond substituents is 1. The van der Waals surface area contributed by atoms with Gasteiger partial charge in [0.25, 0.3) is 0 Å². The summed E-state index contributed by atoms with van der Waals surface area (Å²) in [6, 6.07) is 7.29. The molecule has 0 aromatic heterocycles. The van der Waals surface area contributed by atoms with E-state index in [1.54, 1.807) is 6.07 Å². The second-order valence-electron chi connectivity index (χ2n) is 3.26. The predicted octanol–water partition coefficient (Wildman–Crippen LogP) is 1.23. The minimum Gasteiger partial charge on any atom is -0.508 e. The van der Waals surface area contributed by atoms with Gasteiger partial charge in [-0.15, -0.1) is 0 Å². The van der Waals surface area contributed by atoms with Crippen LogP contribution in [0.4, 0.5) is 0 Å². The Morgan fingerprint density at radius 2 is 1.77 bits per heavy atom. The SMILES string of the molecule is CC1(c2ccccc2O)NC=CN1. The van der Waals surface area contributed by atoms with Gasteiger partial charge in [0, 0.05) is 18.0 Å². The van der Waals surface area contributed by atoms with E-state index >= 15 is 0 Å². The van der Waals surface area contributed by atoms with E-state index in [0.717, 1.165) is 5.56 Å². The minimum atomic E-state index is -0.384. The third kappa shape index (κ3) is 1.22. The second kappa shape index (κ2) is 2.69. The maximum atomic E-state index is 9.63. The van der Waals surface area contributed by atoms with Gasteiger partial charge in [-0.25, -0.2) is 0 Å². The van der Waals surface area contributed by atoms with E-state index in [4.69, 9.17) is 0 Å². The molecule has 0 fully saturated rings. The van der Waals surface area contributed by atoms with Crippen LogP contribution < -0.4 is 10.6 Å². The van der Waals surface area contributed by atoms with Crippen LogP contribution in [-0.4, -0.2) is 5.11 Å². The Hall–Kier alpha value is -1.64. The molecule has 0 spiro atoms. The van der Waals surface area contributed by atoms with E-state index < -0.39 is 0 Å². The number of nitrogens with one attached hydrogen (secondary N) is 2. The molecular weight excluding hydrogens is 164 g/mol. The average Bonchev–Trinajstić information content (AvgIpc) is 2.54. The Labute approximate surface area is 77.1 Å². The van der Waals surface area contributed by atoms with Crippen LogP contribution in [0.5, 0.6) is 5.75 Å². The Bertz CT molecular complexity index is 339. The fourth-order valence-electron chi connectivity index (χ4n) is 1.51. The summed E-state index contributed by atoms with van der Waals surface area (Å²) in [7, 11) is 0. The van der Waals surface area contributed by atoms with Gasteiger partial charge in [-0.05, 0) is 13.0 Å². The Morgan fingerprint density at radius 3 is 2.38 bits per heavy atom. The monoisotopic (exact) mass is 176 g/mol. The van der Waals surface area contributed by atoms with Crippen LogP contribution in [0, 0.1) is 0 Å². The molecule has 0 atom stereocenters. The molecular formula is C10H12N2O. The molecule has 3 N–H and O–H groups in total. The molecule has 0 unspecified atom stereocenters. The van der Waals surface area contributed by atoms with Crippen molar-refractivity contribution in [2.45, 2.75) is 12.6 Å². The number of benzene rings is 1. The summed E-state index contributed by atoms with van der Waals surface area (Å²) in [5.74, 6) is 0.300. The third-order valence-electron chi connectivity index (χ3n) is 2.27. The summed E-state index contributed by atoms with van der Waals surface area (Å²) in [6.45, 7) is 1.97. The normalized spacial score (nSPS) is 17.9. The average molecular weight is 176 g/mol. The molecule has 13 heavy (non-hydrogen) atoms. The lowest BCUT2D eigenvalue weighted by Crippen LogP contribution is -2.42. The standard InChI is InChI=1S/C10H12N2O/c1-10(11-6-7-12-10)8-4-2-3-5-9(8)13/h2-7,11-13H,1H3. The first-order chi connectivity index (χ1) is 6.22. The molecule has 0 amide bonds. The van der Waals surface area contributed by atoms with Crippen LogP contribution in [0.1, 0.15) is 12.5 Å². The summed E-state index contributed by atoms with van der Waals surface area (Å²) in [5, 5.41) is 15.9. The first kappa shape index (κ1) is 7.98. The molecule has 0 aliphatic carbocycles. The highest BCUT2D eigenvalue weighted by Crippen LogP contribution is 2.28.